The molecule has 0 aliphatic rings. The summed E-state index contributed by atoms with van der Waals surface area (Å²) in [5, 5.41) is 0. The van der Waals surface area contributed by atoms with Gasteiger partial charge >= 0.3 is 0 Å². The molecule has 0 atom stereocenters. The fraction of sp³-hybridized carbons (Fsp3) is 0.455. The summed E-state index contributed by atoms with van der Waals surface area (Å²) in [6, 6.07) is 3.56. The molecule has 16 heavy (non-hydrogen) atoms. The number of nitrogens with two attached hydrogens (primary N) is 2. The van der Waals surface area contributed by atoms with Crippen molar-refractivity contribution in [2.45, 2.75) is 13.3 Å². The standard InChI is InChI=1S/C11H18N4O/c1-2-6-15(7-4-12)9-3-5-14-10(8-9)11(13)16/h3,5,8H,2,4,6-7,12H2,1H3,(H2,13,16). The zero-order valence-corrected chi connectivity index (χ0v) is 9.52. The van der Waals surface area contributed by atoms with Crippen molar-refractivity contribution in [1.29, 1.82) is 0 Å². The van der Waals surface area contributed by atoms with E-state index in [1.54, 1.807) is 12.3 Å². The smallest absolute Gasteiger partial charge is 0.267 e. The molecule has 0 aliphatic carbocycles. The second kappa shape index (κ2) is 6.07. The molecule has 1 amide bonds. The number of anilines is 1. The van der Waals surface area contributed by atoms with E-state index in [4.69, 9.17) is 11.5 Å². The maximum absolute atomic E-state index is 11.0. The SMILES string of the molecule is CCCN(CCN)c1ccnc(C(N)=O)c1. The Morgan fingerprint density at radius 2 is 2.25 bits per heavy atom. The number of pyridine rings is 1. The maximum atomic E-state index is 11.0. The lowest BCUT2D eigenvalue weighted by Crippen LogP contribution is -2.30. The van der Waals surface area contributed by atoms with Crippen molar-refractivity contribution < 1.29 is 4.79 Å². The van der Waals surface area contributed by atoms with E-state index in [0.29, 0.717) is 6.54 Å². The molecule has 1 aromatic heterocycles. The molecule has 0 aromatic carbocycles. The lowest BCUT2D eigenvalue weighted by atomic mass is 10.2. The van der Waals surface area contributed by atoms with Gasteiger partial charge in [-0.15, -0.1) is 0 Å². The lowest BCUT2D eigenvalue weighted by molar-refractivity contribution is 0.0995. The summed E-state index contributed by atoms with van der Waals surface area (Å²) >= 11 is 0. The first-order valence-electron chi connectivity index (χ1n) is 5.40. The van der Waals surface area contributed by atoms with Gasteiger partial charge in [0.15, 0.2) is 0 Å². The highest BCUT2D eigenvalue weighted by atomic mass is 16.1. The zero-order chi connectivity index (χ0) is 12.0. The predicted octanol–water partition coefficient (Wildman–Crippen LogP) is 0.356. The van der Waals surface area contributed by atoms with E-state index in [1.165, 1.54) is 0 Å². The second-order valence-corrected chi connectivity index (χ2v) is 3.54. The number of carbonyl (C=O) groups is 1. The molecule has 0 saturated heterocycles. The Morgan fingerprint density at radius 3 is 2.81 bits per heavy atom. The van der Waals surface area contributed by atoms with E-state index in [0.717, 1.165) is 25.2 Å². The zero-order valence-electron chi connectivity index (χ0n) is 9.52. The van der Waals surface area contributed by atoms with Crippen molar-refractivity contribution in [3.8, 4) is 0 Å². The minimum absolute atomic E-state index is 0.288. The van der Waals surface area contributed by atoms with Crippen molar-refractivity contribution in [2.75, 3.05) is 24.5 Å². The van der Waals surface area contributed by atoms with Gasteiger partial charge in [-0.3, -0.25) is 9.78 Å². The van der Waals surface area contributed by atoms with Gasteiger partial charge < -0.3 is 16.4 Å². The number of carbonyl (C=O) groups excluding carboxylic acids is 1. The largest absolute Gasteiger partial charge is 0.370 e. The molecule has 0 fully saturated rings. The lowest BCUT2D eigenvalue weighted by Gasteiger charge is -2.23. The summed E-state index contributed by atoms with van der Waals surface area (Å²) in [6.45, 7) is 4.34. The molecule has 0 saturated carbocycles. The predicted molar refractivity (Wildman–Crippen MR) is 64.3 cm³/mol. The number of primary amides is 1. The highest BCUT2D eigenvalue weighted by Crippen LogP contribution is 2.14. The molecule has 0 bridgehead atoms. The molecule has 1 heterocycles. The maximum Gasteiger partial charge on any atom is 0.267 e. The monoisotopic (exact) mass is 222 g/mol. The summed E-state index contributed by atoms with van der Waals surface area (Å²) in [4.78, 5) is 17.0. The molecule has 0 spiro atoms. The van der Waals surface area contributed by atoms with E-state index in [2.05, 4.69) is 16.8 Å². The number of aromatic nitrogens is 1. The summed E-state index contributed by atoms with van der Waals surface area (Å²) in [5.74, 6) is -0.508. The van der Waals surface area contributed by atoms with Crippen LogP contribution in [0.4, 0.5) is 5.69 Å². The van der Waals surface area contributed by atoms with Crippen molar-refractivity contribution in [3.63, 3.8) is 0 Å². The van der Waals surface area contributed by atoms with Crippen LogP contribution in [0.2, 0.25) is 0 Å². The Morgan fingerprint density at radius 1 is 1.50 bits per heavy atom. The number of hydrogen-bond acceptors (Lipinski definition) is 4. The number of rotatable bonds is 6. The van der Waals surface area contributed by atoms with E-state index in [1.807, 2.05) is 6.07 Å². The molecular weight excluding hydrogens is 204 g/mol. The van der Waals surface area contributed by atoms with Gasteiger partial charge in [0.05, 0.1) is 0 Å². The quantitative estimate of drug-likeness (QED) is 0.727. The first-order valence-corrected chi connectivity index (χ1v) is 5.40. The van der Waals surface area contributed by atoms with Crippen molar-refractivity contribution >= 4 is 11.6 Å². The topological polar surface area (TPSA) is 85.2 Å². The summed E-state index contributed by atoms with van der Waals surface area (Å²) < 4.78 is 0. The van der Waals surface area contributed by atoms with E-state index in [9.17, 15) is 4.79 Å². The molecular formula is C11H18N4O. The van der Waals surface area contributed by atoms with Crippen LogP contribution in [0, 0.1) is 0 Å². The molecule has 1 aromatic rings. The average molecular weight is 222 g/mol. The van der Waals surface area contributed by atoms with Gasteiger partial charge in [0.2, 0.25) is 0 Å². The molecule has 88 valence electrons. The van der Waals surface area contributed by atoms with Gasteiger partial charge in [-0.1, -0.05) is 6.92 Å². The third-order valence-electron chi connectivity index (χ3n) is 2.25. The van der Waals surface area contributed by atoms with Crippen LogP contribution in [0.3, 0.4) is 0 Å². The highest BCUT2D eigenvalue weighted by Gasteiger charge is 2.08. The van der Waals surface area contributed by atoms with E-state index >= 15 is 0 Å². The Balaban J connectivity index is 2.90. The number of nitrogens with zero attached hydrogens (tertiary/aromatic N) is 2. The van der Waals surface area contributed by atoms with Crippen molar-refractivity contribution in [2.24, 2.45) is 11.5 Å². The third-order valence-corrected chi connectivity index (χ3v) is 2.25. The highest BCUT2D eigenvalue weighted by molar-refractivity contribution is 5.91. The third kappa shape index (κ3) is 3.20. The Bertz CT molecular complexity index is 348. The van der Waals surface area contributed by atoms with Crippen molar-refractivity contribution in [1.82, 2.24) is 4.98 Å². The van der Waals surface area contributed by atoms with E-state index < -0.39 is 5.91 Å². The van der Waals surface area contributed by atoms with Crippen LogP contribution >= 0.6 is 0 Å². The van der Waals surface area contributed by atoms with Crippen LogP contribution < -0.4 is 16.4 Å². The molecule has 5 heteroatoms. The average Bonchev–Trinajstić information content (AvgIpc) is 2.29. The summed E-state index contributed by atoms with van der Waals surface area (Å²) in [6.07, 6.45) is 2.61. The number of amides is 1. The molecule has 1 rings (SSSR count). The van der Waals surface area contributed by atoms with Gasteiger partial charge in [-0.05, 0) is 18.6 Å². The van der Waals surface area contributed by atoms with E-state index in [-0.39, 0.29) is 5.69 Å². The normalized spacial score (nSPS) is 10.1. The van der Waals surface area contributed by atoms with Crippen molar-refractivity contribution in [3.05, 3.63) is 24.0 Å². The van der Waals surface area contributed by atoms with Crippen LogP contribution in [0.5, 0.6) is 0 Å². The Labute approximate surface area is 95.4 Å². The minimum Gasteiger partial charge on any atom is -0.370 e. The van der Waals surface area contributed by atoms with Crippen LogP contribution in [-0.2, 0) is 0 Å². The Kier molecular flexibility index (Phi) is 4.72. The molecule has 0 unspecified atom stereocenters. The van der Waals surface area contributed by atoms with Crippen LogP contribution in [0.15, 0.2) is 18.3 Å². The van der Waals surface area contributed by atoms with Gasteiger partial charge in [-0.25, -0.2) is 0 Å². The van der Waals surface area contributed by atoms with Gasteiger partial charge in [0.1, 0.15) is 5.69 Å². The minimum atomic E-state index is -0.508. The first kappa shape index (κ1) is 12.4. The molecule has 0 aliphatic heterocycles. The summed E-state index contributed by atoms with van der Waals surface area (Å²) in [7, 11) is 0. The molecule has 5 nitrogen and oxygen atoms in total. The van der Waals surface area contributed by atoms with Gasteiger partial charge in [-0.2, -0.15) is 0 Å². The fourth-order valence-electron chi connectivity index (χ4n) is 1.55. The first-order chi connectivity index (χ1) is 7.69. The Hall–Kier alpha value is -1.62. The van der Waals surface area contributed by atoms with Gasteiger partial charge in [0.25, 0.3) is 5.91 Å². The van der Waals surface area contributed by atoms with Crippen LogP contribution in [0.1, 0.15) is 23.8 Å². The molecule has 4 N–H and O–H groups in total. The van der Waals surface area contributed by atoms with Crippen LogP contribution in [0.25, 0.3) is 0 Å². The number of hydrogen-bond donors (Lipinski definition) is 2. The molecule has 0 radical (unpaired) electrons. The second-order valence-electron chi connectivity index (χ2n) is 3.54. The fourth-order valence-corrected chi connectivity index (χ4v) is 1.55. The summed E-state index contributed by atoms with van der Waals surface area (Å²) in [5.41, 5.74) is 12.0. The van der Waals surface area contributed by atoms with Gasteiger partial charge in [0, 0.05) is 31.5 Å². The van der Waals surface area contributed by atoms with Crippen LogP contribution in [-0.4, -0.2) is 30.5 Å².